The predicted molar refractivity (Wildman–Crippen MR) is 57.1 cm³/mol. The van der Waals surface area contributed by atoms with Gasteiger partial charge >= 0.3 is 5.97 Å². The van der Waals surface area contributed by atoms with E-state index < -0.39 is 21.8 Å². The summed E-state index contributed by atoms with van der Waals surface area (Å²) in [5, 5.41) is 9.20. The first kappa shape index (κ1) is 12.0. The second-order valence-electron chi connectivity index (χ2n) is 3.66. The molecule has 2 N–H and O–H groups in total. The normalized spacial score (nSPS) is 23.2. The smallest absolute Gasteiger partial charge is 0.377 e. The Hall–Kier alpha value is -1.48. The molecular formula is C8H12N4O4S. The molecule has 17 heavy (non-hydrogen) atoms. The number of carbonyl (C=O) groups is 1. The van der Waals surface area contributed by atoms with Crippen molar-refractivity contribution in [2.24, 2.45) is 0 Å². The Labute approximate surface area is 97.7 Å². The number of hydrogen-bond donors (Lipinski definition) is 2. The van der Waals surface area contributed by atoms with Gasteiger partial charge in [0.05, 0.1) is 24.7 Å². The minimum Gasteiger partial charge on any atom is -0.463 e. The van der Waals surface area contributed by atoms with Crippen molar-refractivity contribution in [1.82, 2.24) is 20.5 Å². The van der Waals surface area contributed by atoms with Crippen molar-refractivity contribution in [2.75, 3.05) is 25.2 Å². The third kappa shape index (κ3) is 2.61. The minimum atomic E-state index is -3.06. The predicted octanol–water partition coefficient (Wildman–Crippen LogP) is -1.35. The Balaban J connectivity index is 2.17. The van der Waals surface area contributed by atoms with Gasteiger partial charge in [-0.05, 0) is 0 Å². The first-order chi connectivity index (χ1) is 8.02. The Morgan fingerprint density at radius 1 is 1.53 bits per heavy atom. The highest BCUT2D eigenvalue weighted by Crippen LogP contribution is 2.14. The standard InChI is InChI=1S/C8H12N4O4S/c1-16-8(13)7-10-6(11-12-7)5-4-17(14,15)3-2-9-5/h5,9H,2-4H2,1H3,(H,10,11,12). The van der Waals surface area contributed by atoms with Gasteiger partial charge in [0.1, 0.15) is 5.82 Å². The lowest BCUT2D eigenvalue weighted by Gasteiger charge is -2.21. The molecule has 0 radical (unpaired) electrons. The number of ether oxygens (including phenoxy) is 1. The van der Waals surface area contributed by atoms with E-state index in [4.69, 9.17) is 0 Å². The molecule has 0 amide bonds. The second-order valence-corrected chi connectivity index (χ2v) is 5.89. The topological polar surface area (TPSA) is 114 Å². The number of methoxy groups -OCH3 is 1. The van der Waals surface area contributed by atoms with Gasteiger partial charge < -0.3 is 10.1 Å². The van der Waals surface area contributed by atoms with Crippen LogP contribution in [0, 0.1) is 0 Å². The van der Waals surface area contributed by atoms with Crippen LogP contribution in [0.1, 0.15) is 22.5 Å². The molecule has 2 rings (SSSR count). The van der Waals surface area contributed by atoms with Crippen molar-refractivity contribution in [3.63, 3.8) is 0 Å². The number of nitrogens with zero attached hydrogens (tertiary/aromatic N) is 2. The molecule has 1 saturated heterocycles. The van der Waals surface area contributed by atoms with Crippen LogP contribution < -0.4 is 5.32 Å². The van der Waals surface area contributed by atoms with Gasteiger partial charge in [0.25, 0.3) is 5.82 Å². The van der Waals surface area contributed by atoms with Gasteiger partial charge in [-0.15, -0.1) is 5.10 Å². The average Bonchev–Trinajstić information content (AvgIpc) is 2.76. The lowest BCUT2D eigenvalue weighted by atomic mass is 10.3. The Bertz CT molecular complexity index is 523. The highest BCUT2D eigenvalue weighted by atomic mass is 32.2. The zero-order chi connectivity index (χ0) is 12.5. The molecule has 1 aliphatic rings. The van der Waals surface area contributed by atoms with E-state index in [0.717, 1.165) is 0 Å². The van der Waals surface area contributed by atoms with Crippen molar-refractivity contribution in [3.8, 4) is 0 Å². The van der Waals surface area contributed by atoms with Crippen LogP contribution in [0.3, 0.4) is 0 Å². The molecule has 0 aliphatic carbocycles. The Morgan fingerprint density at radius 3 is 2.94 bits per heavy atom. The van der Waals surface area contributed by atoms with Crippen LogP contribution in [0.2, 0.25) is 0 Å². The van der Waals surface area contributed by atoms with Crippen LogP contribution in [0.5, 0.6) is 0 Å². The molecule has 1 aromatic heterocycles. The lowest BCUT2D eigenvalue weighted by molar-refractivity contribution is 0.0587. The van der Waals surface area contributed by atoms with Gasteiger partial charge in [-0.3, -0.25) is 5.10 Å². The molecule has 1 atom stereocenters. The fourth-order valence-electron chi connectivity index (χ4n) is 1.57. The SMILES string of the molecule is COC(=O)c1n[nH]c(C2CS(=O)(=O)CCN2)n1. The van der Waals surface area contributed by atoms with Gasteiger partial charge in [-0.1, -0.05) is 0 Å². The van der Waals surface area contributed by atoms with E-state index in [0.29, 0.717) is 12.4 Å². The number of nitrogens with one attached hydrogen (secondary N) is 2. The van der Waals surface area contributed by atoms with Gasteiger partial charge in [0, 0.05) is 6.54 Å². The van der Waals surface area contributed by atoms with E-state index in [1.54, 1.807) is 0 Å². The number of carbonyl (C=O) groups excluding carboxylic acids is 1. The summed E-state index contributed by atoms with van der Waals surface area (Å²) in [6.45, 7) is 0.362. The van der Waals surface area contributed by atoms with Crippen LogP contribution in [0.4, 0.5) is 0 Å². The molecule has 2 heterocycles. The van der Waals surface area contributed by atoms with E-state index >= 15 is 0 Å². The van der Waals surface area contributed by atoms with Gasteiger partial charge in [-0.2, -0.15) is 0 Å². The maximum Gasteiger partial charge on any atom is 0.377 e. The van der Waals surface area contributed by atoms with E-state index in [2.05, 4.69) is 25.2 Å². The lowest BCUT2D eigenvalue weighted by Crippen LogP contribution is -2.39. The zero-order valence-corrected chi connectivity index (χ0v) is 9.95. The molecule has 0 spiro atoms. The molecular weight excluding hydrogens is 248 g/mol. The molecule has 1 aliphatic heterocycles. The summed E-state index contributed by atoms with van der Waals surface area (Å²) in [6, 6.07) is -0.459. The molecule has 94 valence electrons. The molecule has 8 nitrogen and oxygen atoms in total. The number of H-pyrrole nitrogens is 1. The fraction of sp³-hybridized carbons (Fsp3) is 0.625. The molecule has 0 saturated carbocycles. The number of rotatable bonds is 2. The maximum atomic E-state index is 11.4. The molecule has 0 aromatic carbocycles. The Kier molecular flexibility index (Phi) is 3.11. The van der Waals surface area contributed by atoms with Gasteiger partial charge in [0.2, 0.25) is 0 Å². The highest BCUT2D eigenvalue weighted by molar-refractivity contribution is 7.91. The largest absolute Gasteiger partial charge is 0.463 e. The van der Waals surface area contributed by atoms with E-state index in [9.17, 15) is 13.2 Å². The summed E-state index contributed by atoms with van der Waals surface area (Å²) in [6.07, 6.45) is 0. The molecule has 0 bridgehead atoms. The highest BCUT2D eigenvalue weighted by Gasteiger charge is 2.28. The summed E-state index contributed by atoms with van der Waals surface area (Å²) in [5.41, 5.74) is 0. The summed E-state index contributed by atoms with van der Waals surface area (Å²) in [4.78, 5) is 15.0. The summed E-state index contributed by atoms with van der Waals surface area (Å²) >= 11 is 0. The van der Waals surface area contributed by atoms with Crippen LogP contribution in [-0.2, 0) is 14.6 Å². The number of aromatic nitrogens is 3. The molecule has 9 heteroatoms. The molecule has 1 fully saturated rings. The average molecular weight is 260 g/mol. The number of esters is 1. The van der Waals surface area contributed by atoms with Crippen LogP contribution in [0.15, 0.2) is 0 Å². The van der Waals surface area contributed by atoms with Crippen LogP contribution in [0.25, 0.3) is 0 Å². The van der Waals surface area contributed by atoms with Crippen molar-refractivity contribution < 1.29 is 17.9 Å². The summed E-state index contributed by atoms with van der Waals surface area (Å²) < 4.78 is 27.3. The first-order valence-electron chi connectivity index (χ1n) is 4.96. The van der Waals surface area contributed by atoms with Crippen LogP contribution in [-0.4, -0.2) is 54.7 Å². The maximum absolute atomic E-state index is 11.4. The second kappa shape index (κ2) is 4.41. The van der Waals surface area contributed by atoms with E-state index in [1.807, 2.05) is 0 Å². The number of aromatic amines is 1. The molecule has 1 aromatic rings. The fourth-order valence-corrected chi connectivity index (χ4v) is 2.95. The zero-order valence-electron chi connectivity index (χ0n) is 9.13. The number of hydrogen-bond acceptors (Lipinski definition) is 7. The van der Waals surface area contributed by atoms with E-state index in [1.165, 1.54) is 7.11 Å². The van der Waals surface area contributed by atoms with E-state index in [-0.39, 0.29) is 17.3 Å². The third-order valence-corrected chi connectivity index (χ3v) is 4.09. The number of sulfone groups is 1. The molecule has 1 unspecified atom stereocenters. The first-order valence-corrected chi connectivity index (χ1v) is 6.78. The summed E-state index contributed by atoms with van der Waals surface area (Å²) in [5.74, 6) is -0.378. The monoisotopic (exact) mass is 260 g/mol. The minimum absolute atomic E-state index is 0.0528. The summed E-state index contributed by atoms with van der Waals surface area (Å²) in [7, 11) is -1.84. The van der Waals surface area contributed by atoms with Crippen LogP contribution >= 0.6 is 0 Å². The quantitative estimate of drug-likeness (QED) is 0.632. The van der Waals surface area contributed by atoms with Crippen molar-refractivity contribution >= 4 is 15.8 Å². The Morgan fingerprint density at radius 2 is 2.29 bits per heavy atom. The van der Waals surface area contributed by atoms with Crippen molar-refractivity contribution in [1.29, 1.82) is 0 Å². The van der Waals surface area contributed by atoms with Crippen molar-refractivity contribution in [3.05, 3.63) is 11.6 Å². The van der Waals surface area contributed by atoms with Gasteiger partial charge in [-0.25, -0.2) is 18.2 Å². The van der Waals surface area contributed by atoms with Crippen molar-refractivity contribution in [2.45, 2.75) is 6.04 Å². The van der Waals surface area contributed by atoms with Gasteiger partial charge in [0.15, 0.2) is 9.84 Å². The third-order valence-electron chi connectivity index (χ3n) is 2.43.